The Hall–Kier alpha value is -3.93. The molecule has 5 nitrogen and oxygen atoms in total. The highest BCUT2D eigenvalue weighted by molar-refractivity contribution is 5.94. The minimum Gasteiger partial charge on any atom is -0.490 e. The summed E-state index contributed by atoms with van der Waals surface area (Å²) in [4.78, 5) is 17.9. The van der Waals surface area contributed by atoms with Crippen LogP contribution in [0.4, 0.5) is 0 Å². The smallest absolute Gasteiger partial charge is 0.251 e. The van der Waals surface area contributed by atoms with Crippen LogP contribution in [0.5, 0.6) is 5.75 Å². The first-order valence-electron chi connectivity index (χ1n) is 14.6. The molecule has 1 N–H and O–H groups in total. The number of rotatable bonds is 11. The molecule has 0 saturated carbocycles. The van der Waals surface area contributed by atoms with Crippen LogP contribution in [0, 0.1) is 0 Å². The van der Waals surface area contributed by atoms with Crippen LogP contribution >= 0.6 is 0 Å². The lowest BCUT2D eigenvalue weighted by atomic mass is 9.90. The van der Waals surface area contributed by atoms with E-state index in [1.54, 1.807) is 0 Å². The number of ether oxygens (including phenoxy) is 1. The number of amides is 1. The SMILES string of the molecule is CN(C)CC(NC(=O)c1cccc(OC2CCN(CC(c3ccccc3)c3ccccc3)CC2)c1)c1ccccc1. The zero-order chi connectivity index (χ0) is 28.4. The van der Waals surface area contributed by atoms with Crippen LogP contribution in [-0.2, 0) is 0 Å². The molecule has 1 heterocycles. The van der Waals surface area contributed by atoms with Crippen molar-refractivity contribution < 1.29 is 9.53 Å². The molecule has 0 bridgehead atoms. The predicted octanol–water partition coefficient (Wildman–Crippen LogP) is 6.39. The Kier molecular flexibility index (Phi) is 9.84. The van der Waals surface area contributed by atoms with Gasteiger partial charge in [0.05, 0.1) is 6.04 Å². The van der Waals surface area contributed by atoms with Gasteiger partial charge in [-0.1, -0.05) is 97.1 Å². The molecule has 1 saturated heterocycles. The maximum absolute atomic E-state index is 13.2. The summed E-state index contributed by atoms with van der Waals surface area (Å²) >= 11 is 0. The van der Waals surface area contributed by atoms with E-state index < -0.39 is 0 Å². The lowest BCUT2D eigenvalue weighted by molar-refractivity contribution is 0.0921. The molecule has 0 aliphatic carbocycles. The van der Waals surface area contributed by atoms with Crippen molar-refractivity contribution in [3.05, 3.63) is 138 Å². The number of hydrogen-bond donors (Lipinski definition) is 1. The molecular weight excluding hydrogens is 506 g/mol. The van der Waals surface area contributed by atoms with Gasteiger partial charge in [-0.2, -0.15) is 0 Å². The second-order valence-corrected chi connectivity index (χ2v) is 11.2. The van der Waals surface area contributed by atoms with Crippen LogP contribution in [-0.4, -0.2) is 62.1 Å². The molecular formula is C36H41N3O2. The van der Waals surface area contributed by atoms with E-state index in [1.165, 1.54) is 11.1 Å². The summed E-state index contributed by atoms with van der Waals surface area (Å²) < 4.78 is 6.41. The van der Waals surface area contributed by atoms with E-state index in [-0.39, 0.29) is 18.1 Å². The summed E-state index contributed by atoms with van der Waals surface area (Å²) in [6.07, 6.45) is 2.07. The maximum Gasteiger partial charge on any atom is 0.251 e. The normalized spacial score (nSPS) is 15.1. The molecule has 4 aromatic rings. The van der Waals surface area contributed by atoms with Crippen molar-refractivity contribution in [1.29, 1.82) is 0 Å². The lowest BCUT2D eigenvalue weighted by Crippen LogP contribution is -2.40. The van der Waals surface area contributed by atoms with Gasteiger partial charge in [0.1, 0.15) is 11.9 Å². The van der Waals surface area contributed by atoms with Gasteiger partial charge in [-0.25, -0.2) is 0 Å². The maximum atomic E-state index is 13.2. The first kappa shape index (κ1) is 28.6. The monoisotopic (exact) mass is 547 g/mol. The molecule has 1 aliphatic heterocycles. The summed E-state index contributed by atoms with van der Waals surface area (Å²) in [6, 6.07) is 39.2. The molecule has 1 aliphatic rings. The topological polar surface area (TPSA) is 44.8 Å². The molecule has 0 radical (unpaired) electrons. The number of benzene rings is 4. The third-order valence-corrected chi connectivity index (χ3v) is 7.83. The van der Waals surface area contributed by atoms with Crippen molar-refractivity contribution in [2.75, 3.05) is 40.3 Å². The fraction of sp³-hybridized carbons (Fsp3) is 0.306. The van der Waals surface area contributed by atoms with Gasteiger partial charge in [0.15, 0.2) is 0 Å². The van der Waals surface area contributed by atoms with Gasteiger partial charge in [0.25, 0.3) is 5.91 Å². The van der Waals surface area contributed by atoms with Gasteiger partial charge in [-0.3, -0.25) is 4.79 Å². The second kappa shape index (κ2) is 14.1. The van der Waals surface area contributed by atoms with Gasteiger partial charge in [0, 0.05) is 37.7 Å². The number of nitrogens with one attached hydrogen (secondary N) is 1. The number of carbonyl (C=O) groups excluding carboxylic acids is 1. The minimum atomic E-state index is -0.0943. The van der Waals surface area contributed by atoms with Crippen molar-refractivity contribution >= 4 is 5.91 Å². The average Bonchev–Trinajstić information content (AvgIpc) is 3.01. The Bertz CT molecular complexity index is 1310. The van der Waals surface area contributed by atoms with E-state index in [0.29, 0.717) is 11.5 Å². The number of likely N-dealkylation sites (N-methyl/N-ethyl adjacent to an activating group) is 1. The third kappa shape index (κ3) is 8.06. The third-order valence-electron chi connectivity index (χ3n) is 7.83. The van der Waals surface area contributed by atoms with E-state index in [4.69, 9.17) is 4.74 Å². The fourth-order valence-electron chi connectivity index (χ4n) is 5.67. The van der Waals surface area contributed by atoms with Crippen molar-refractivity contribution in [1.82, 2.24) is 15.1 Å². The van der Waals surface area contributed by atoms with Crippen LogP contribution in [0.15, 0.2) is 115 Å². The van der Waals surface area contributed by atoms with E-state index >= 15 is 0 Å². The van der Waals surface area contributed by atoms with E-state index in [1.807, 2.05) is 56.6 Å². The average molecular weight is 548 g/mol. The van der Waals surface area contributed by atoms with Crippen molar-refractivity contribution in [3.8, 4) is 5.75 Å². The van der Waals surface area contributed by atoms with Gasteiger partial charge < -0.3 is 19.9 Å². The van der Waals surface area contributed by atoms with E-state index in [0.717, 1.165) is 50.3 Å². The summed E-state index contributed by atoms with van der Waals surface area (Å²) in [5.41, 5.74) is 4.42. The Morgan fingerprint density at radius 1 is 0.805 bits per heavy atom. The molecule has 41 heavy (non-hydrogen) atoms. The number of carbonyl (C=O) groups is 1. The molecule has 1 atom stereocenters. The number of likely N-dealkylation sites (tertiary alicyclic amines) is 1. The van der Waals surface area contributed by atoms with Gasteiger partial charge in [-0.15, -0.1) is 0 Å². The van der Waals surface area contributed by atoms with Crippen LogP contribution in [0.25, 0.3) is 0 Å². The summed E-state index contributed by atoms with van der Waals surface area (Å²) in [5.74, 6) is 1.01. The Balaban J connectivity index is 1.18. The number of hydrogen-bond acceptors (Lipinski definition) is 4. The molecule has 0 spiro atoms. The predicted molar refractivity (Wildman–Crippen MR) is 166 cm³/mol. The molecule has 1 amide bonds. The first-order chi connectivity index (χ1) is 20.0. The Labute approximate surface area is 244 Å². The molecule has 1 fully saturated rings. The van der Waals surface area contributed by atoms with E-state index in [9.17, 15) is 4.79 Å². The van der Waals surface area contributed by atoms with Gasteiger partial charge in [0.2, 0.25) is 0 Å². The highest BCUT2D eigenvalue weighted by atomic mass is 16.5. The Morgan fingerprint density at radius 3 is 1.93 bits per heavy atom. The van der Waals surface area contributed by atoms with Crippen LogP contribution < -0.4 is 10.1 Å². The van der Waals surface area contributed by atoms with Gasteiger partial charge in [-0.05, 0) is 61.8 Å². The van der Waals surface area contributed by atoms with Crippen molar-refractivity contribution in [2.45, 2.75) is 30.9 Å². The number of nitrogens with zero attached hydrogens (tertiary/aromatic N) is 2. The minimum absolute atomic E-state index is 0.0890. The first-order valence-corrected chi connectivity index (χ1v) is 14.6. The zero-order valence-electron chi connectivity index (χ0n) is 24.2. The summed E-state index contributed by atoms with van der Waals surface area (Å²) in [6.45, 7) is 3.69. The van der Waals surface area contributed by atoms with Crippen LogP contribution in [0.1, 0.15) is 51.8 Å². The van der Waals surface area contributed by atoms with Crippen LogP contribution in [0.3, 0.4) is 0 Å². The van der Waals surface area contributed by atoms with Crippen molar-refractivity contribution in [2.24, 2.45) is 0 Å². The molecule has 5 rings (SSSR count). The molecule has 0 aromatic heterocycles. The van der Waals surface area contributed by atoms with E-state index in [2.05, 4.69) is 87.9 Å². The molecule has 1 unspecified atom stereocenters. The standard InChI is InChI=1S/C36H41N3O2/c1-38(2)27-35(30-17-10-5-11-18-30)37-36(40)31-19-12-20-33(25-31)41-32-21-23-39(24-22-32)26-34(28-13-6-3-7-14-28)29-15-8-4-9-16-29/h3-20,25,32,34-35H,21-24,26-27H2,1-2H3,(H,37,40). The van der Waals surface area contributed by atoms with Gasteiger partial charge >= 0.3 is 0 Å². The highest BCUT2D eigenvalue weighted by Gasteiger charge is 2.25. The Morgan fingerprint density at radius 2 is 1.37 bits per heavy atom. The van der Waals surface area contributed by atoms with Crippen molar-refractivity contribution in [3.63, 3.8) is 0 Å². The molecule has 212 valence electrons. The zero-order valence-corrected chi connectivity index (χ0v) is 24.2. The fourth-order valence-corrected chi connectivity index (χ4v) is 5.67. The lowest BCUT2D eigenvalue weighted by Gasteiger charge is -2.34. The second-order valence-electron chi connectivity index (χ2n) is 11.2. The molecule has 4 aromatic carbocycles. The largest absolute Gasteiger partial charge is 0.490 e. The summed E-state index contributed by atoms with van der Waals surface area (Å²) in [7, 11) is 4.04. The number of piperidine rings is 1. The molecule has 5 heteroatoms. The summed E-state index contributed by atoms with van der Waals surface area (Å²) in [5, 5.41) is 3.22. The quantitative estimate of drug-likeness (QED) is 0.236. The highest BCUT2D eigenvalue weighted by Crippen LogP contribution is 2.28. The van der Waals surface area contributed by atoms with Crippen LogP contribution in [0.2, 0.25) is 0 Å².